The van der Waals surface area contributed by atoms with Crippen LogP contribution in [0.3, 0.4) is 0 Å². The zero-order valence-electron chi connectivity index (χ0n) is 11.8. The minimum atomic E-state index is -0.683. The fourth-order valence-corrected chi connectivity index (χ4v) is 3.56. The second-order valence-corrected chi connectivity index (χ2v) is 6.02. The fourth-order valence-electron chi connectivity index (χ4n) is 3.56. The van der Waals surface area contributed by atoms with E-state index in [1.54, 1.807) is 0 Å². The van der Waals surface area contributed by atoms with Crippen molar-refractivity contribution in [3.63, 3.8) is 0 Å². The molecular weight excluding hydrogens is 254 g/mol. The molecular formula is C16H21NO3. The van der Waals surface area contributed by atoms with Gasteiger partial charge in [0, 0.05) is 30.5 Å². The summed E-state index contributed by atoms with van der Waals surface area (Å²) in [5.74, 6) is 1.03. The van der Waals surface area contributed by atoms with Gasteiger partial charge in [-0.25, -0.2) is 0 Å². The van der Waals surface area contributed by atoms with Crippen LogP contribution in [-0.4, -0.2) is 35.7 Å². The van der Waals surface area contributed by atoms with E-state index in [0.29, 0.717) is 12.0 Å². The van der Waals surface area contributed by atoms with Gasteiger partial charge in [0.2, 0.25) is 0 Å². The second kappa shape index (κ2) is 5.44. The Balaban J connectivity index is 1.78. The lowest BCUT2D eigenvalue weighted by Crippen LogP contribution is -2.36. The van der Waals surface area contributed by atoms with E-state index in [2.05, 4.69) is 24.0 Å². The van der Waals surface area contributed by atoms with Crippen molar-refractivity contribution in [3.05, 3.63) is 29.8 Å². The van der Waals surface area contributed by atoms with Crippen molar-refractivity contribution >= 4 is 5.97 Å². The van der Waals surface area contributed by atoms with E-state index in [-0.39, 0.29) is 12.3 Å². The molecule has 0 saturated carbocycles. The van der Waals surface area contributed by atoms with Crippen molar-refractivity contribution < 1.29 is 14.6 Å². The summed E-state index contributed by atoms with van der Waals surface area (Å²) in [5, 5.41) is 8.94. The van der Waals surface area contributed by atoms with Crippen molar-refractivity contribution in [2.24, 2.45) is 11.8 Å². The zero-order valence-corrected chi connectivity index (χ0v) is 11.8. The van der Waals surface area contributed by atoms with Crippen LogP contribution in [0.25, 0.3) is 0 Å². The van der Waals surface area contributed by atoms with Crippen LogP contribution in [-0.2, 0) is 4.79 Å². The van der Waals surface area contributed by atoms with Crippen molar-refractivity contribution in [1.29, 1.82) is 0 Å². The van der Waals surface area contributed by atoms with Crippen LogP contribution in [0.2, 0.25) is 0 Å². The Morgan fingerprint density at radius 1 is 1.45 bits per heavy atom. The van der Waals surface area contributed by atoms with E-state index in [1.165, 1.54) is 5.56 Å². The molecule has 4 heteroatoms. The van der Waals surface area contributed by atoms with E-state index in [4.69, 9.17) is 9.84 Å². The Hall–Kier alpha value is -1.55. The normalized spacial score (nSPS) is 29.8. The molecule has 0 aliphatic carbocycles. The number of likely N-dealkylation sites (tertiary alicyclic amines) is 1. The summed E-state index contributed by atoms with van der Waals surface area (Å²) >= 11 is 0. The summed E-state index contributed by atoms with van der Waals surface area (Å²) in [6, 6.07) is 8.58. The molecule has 1 aromatic carbocycles. The molecule has 3 atom stereocenters. The van der Waals surface area contributed by atoms with Gasteiger partial charge < -0.3 is 9.84 Å². The molecule has 0 aromatic heterocycles. The molecule has 1 fully saturated rings. The monoisotopic (exact) mass is 275 g/mol. The van der Waals surface area contributed by atoms with Crippen LogP contribution in [0, 0.1) is 11.8 Å². The average Bonchev–Trinajstić information content (AvgIpc) is 2.85. The lowest BCUT2D eigenvalue weighted by atomic mass is 9.91. The number of ether oxygens (including phenoxy) is 1. The molecule has 2 heterocycles. The van der Waals surface area contributed by atoms with Gasteiger partial charge in [0.15, 0.2) is 0 Å². The molecule has 20 heavy (non-hydrogen) atoms. The highest BCUT2D eigenvalue weighted by Crippen LogP contribution is 2.41. The predicted octanol–water partition coefficient (Wildman–Crippen LogP) is 2.55. The molecule has 4 nitrogen and oxygen atoms in total. The van der Waals surface area contributed by atoms with Crippen LogP contribution >= 0.6 is 0 Å². The fraction of sp³-hybridized carbons (Fsp3) is 0.562. The highest BCUT2D eigenvalue weighted by atomic mass is 16.5. The summed E-state index contributed by atoms with van der Waals surface area (Å²) in [6.07, 6.45) is 1.27. The van der Waals surface area contributed by atoms with Crippen LogP contribution in [0.1, 0.15) is 31.4 Å². The molecule has 0 spiro atoms. The number of carboxylic acids is 1. The van der Waals surface area contributed by atoms with Crippen LogP contribution in [0.4, 0.5) is 0 Å². The maximum absolute atomic E-state index is 10.9. The van der Waals surface area contributed by atoms with Gasteiger partial charge in [-0.15, -0.1) is 0 Å². The van der Waals surface area contributed by atoms with E-state index >= 15 is 0 Å². The summed E-state index contributed by atoms with van der Waals surface area (Å²) in [4.78, 5) is 13.3. The van der Waals surface area contributed by atoms with Gasteiger partial charge in [0.05, 0.1) is 6.61 Å². The largest absolute Gasteiger partial charge is 0.493 e. The van der Waals surface area contributed by atoms with Gasteiger partial charge in [-0.2, -0.15) is 0 Å². The van der Waals surface area contributed by atoms with Crippen molar-refractivity contribution in [1.82, 2.24) is 4.90 Å². The number of carbonyl (C=O) groups is 1. The number of fused-ring (bicyclic) bond motifs is 1. The zero-order chi connectivity index (χ0) is 14.1. The molecule has 2 aliphatic heterocycles. The molecule has 1 saturated heterocycles. The third-order valence-electron chi connectivity index (χ3n) is 4.45. The van der Waals surface area contributed by atoms with Gasteiger partial charge in [-0.1, -0.05) is 25.1 Å². The first kappa shape index (κ1) is 13.4. The maximum atomic E-state index is 10.9. The first-order valence-electron chi connectivity index (χ1n) is 7.32. The minimum Gasteiger partial charge on any atom is -0.493 e. The molecule has 0 amide bonds. The number of nitrogens with zero attached hydrogens (tertiary/aromatic N) is 1. The van der Waals surface area contributed by atoms with Gasteiger partial charge in [0.25, 0.3) is 0 Å². The summed E-state index contributed by atoms with van der Waals surface area (Å²) in [7, 11) is 0. The highest BCUT2D eigenvalue weighted by Gasteiger charge is 2.36. The molecule has 0 radical (unpaired) electrons. The maximum Gasteiger partial charge on any atom is 0.303 e. The molecule has 3 unspecified atom stereocenters. The number of carboxylic acid groups (broad SMARTS) is 1. The number of para-hydroxylation sites is 1. The van der Waals surface area contributed by atoms with Crippen molar-refractivity contribution in [3.8, 4) is 5.75 Å². The molecule has 2 aliphatic rings. The number of benzene rings is 1. The van der Waals surface area contributed by atoms with Gasteiger partial charge >= 0.3 is 5.97 Å². The third kappa shape index (κ3) is 2.52. The average molecular weight is 275 g/mol. The Morgan fingerprint density at radius 3 is 3.05 bits per heavy atom. The van der Waals surface area contributed by atoms with Crippen molar-refractivity contribution in [2.45, 2.75) is 25.8 Å². The Bertz CT molecular complexity index is 502. The van der Waals surface area contributed by atoms with E-state index < -0.39 is 5.97 Å². The topological polar surface area (TPSA) is 49.8 Å². The SMILES string of the molecule is CC1COc2ccccc2C1N1CCC(CC(=O)O)C1. The second-order valence-electron chi connectivity index (χ2n) is 6.02. The summed E-state index contributed by atoms with van der Waals surface area (Å²) < 4.78 is 5.80. The van der Waals surface area contributed by atoms with Gasteiger partial charge in [-0.05, 0) is 24.9 Å². The van der Waals surface area contributed by atoms with E-state index in [9.17, 15) is 4.79 Å². The van der Waals surface area contributed by atoms with Gasteiger partial charge in [-0.3, -0.25) is 9.69 Å². The molecule has 3 rings (SSSR count). The number of rotatable bonds is 3. The van der Waals surface area contributed by atoms with Crippen molar-refractivity contribution in [2.75, 3.05) is 19.7 Å². The quantitative estimate of drug-likeness (QED) is 0.921. The lowest BCUT2D eigenvalue weighted by Gasteiger charge is -2.37. The predicted molar refractivity (Wildman–Crippen MR) is 75.8 cm³/mol. The first-order valence-corrected chi connectivity index (χ1v) is 7.32. The molecule has 108 valence electrons. The summed E-state index contributed by atoms with van der Waals surface area (Å²) in [5.41, 5.74) is 1.25. The summed E-state index contributed by atoms with van der Waals surface area (Å²) in [6.45, 7) is 4.82. The number of hydrogen-bond donors (Lipinski definition) is 1. The van der Waals surface area contributed by atoms with Crippen LogP contribution in [0.15, 0.2) is 24.3 Å². The minimum absolute atomic E-state index is 0.287. The highest BCUT2D eigenvalue weighted by molar-refractivity contribution is 5.67. The number of aliphatic carboxylic acids is 1. The molecule has 1 N–H and O–H groups in total. The van der Waals surface area contributed by atoms with Crippen LogP contribution < -0.4 is 4.74 Å². The Morgan fingerprint density at radius 2 is 2.25 bits per heavy atom. The van der Waals surface area contributed by atoms with Crippen LogP contribution in [0.5, 0.6) is 5.75 Å². The lowest BCUT2D eigenvalue weighted by molar-refractivity contribution is -0.138. The smallest absolute Gasteiger partial charge is 0.303 e. The number of hydrogen-bond acceptors (Lipinski definition) is 3. The third-order valence-corrected chi connectivity index (χ3v) is 4.45. The van der Waals surface area contributed by atoms with E-state index in [1.807, 2.05) is 12.1 Å². The van der Waals surface area contributed by atoms with E-state index in [0.717, 1.165) is 31.9 Å². The molecule has 0 bridgehead atoms. The first-order chi connectivity index (χ1) is 9.65. The van der Waals surface area contributed by atoms with Gasteiger partial charge in [0.1, 0.15) is 5.75 Å². The Kier molecular flexibility index (Phi) is 3.66. The Labute approximate surface area is 119 Å². The molecule has 1 aromatic rings. The standard InChI is InChI=1S/C16H21NO3/c1-11-10-20-14-5-3-2-4-13(14)16(11)17-7-6-12(9-17)8-15(18)19/h2-5,11-12,16H,6-10H2,1H3,(H,18,19).